The van der Waals surface area contributed by atoms with Gasteiger partial charge in [-0.2, -0.15) is 0 Å². The predicted octanol–water partition coefficient (Wildman–Crippen LogP) is 4.64. The Morgan fingerprint density at radius 2 is 1.56 bits per heavy atom. The van der Waals surface area contributed by atoms with E-state index in [1.165, 1.54) is 27.9 Å². The lowest BCUT2D eigenvalue weighted by Crippen LogP contribution is -2.41. The standard InChI is InChI=1S/C26H34O8/c1-11(2)9-16(27)17-22(31)15(20(29)13(5)23(17)34-8)10-26(7)24(32)14(6)21(30)18(25(26)33)19(28)12(3)4/h11-12,29-32H,9-10H2,1-8H3/t26-/m0/s1. The molecule has 34 heavy (non-hydrogen) atoms. The molecule has 0 unspecified atom stereocenters. The van der Waals surface area contributed by atoms with Gasteiger partial charge >= 0.3 is 0 Å². The molecule has 0 heterocycles. The third-order valence-corrected chi connectivity index (χ3v) is 6.31. The maximum absolute atomic E-state index is 13.5. The van der Waals surface area contributed by atoms with Crippen molar-refractivity contribution >= 4 is 17.3 Å². The second kappa shape index (κ2) is 9.52. The summed E-state index contributed by atoms with van der Waals surface area (Å²) in [5.74, 6) is -4.45. The van der Waals surface area contributed by atoms with E-state index in [9.17, 15) is 34.8 Å². The highest BCUT2D eigenvalue weighted by Crippen LogP contribution is 2.49. The van der Waals surface area contributed by atoms with Crippen LogP contribution in [-0.4, -0.2) is 44.9 Å². The molecule has 186 valence electrons. The van der Waals surface area contributed by atoms with E-state index in [0.717, 1.165) is 0 Å². The van der Waals surface area contributed by atoms with Crippen LogP contribution in [0.1, 0.15) is 69.4 Å². The maximum atomic E-state index is 13.5. The van der Waals surface area contributed by atoms with Crippen LogP contribution in [0.3, 0.4) is 0 Å². The van der Waals surface area contributed by atoms with Crippen molar-refractivity contribution in [2.45, 2.75) is 61.3 Å². The van der Waals surface area contributed by atoms with Crippen LogP contribution in [0.2, 0.25) is 0 Å². The lowest BCUT2D eigenvalue weighted by Gasteiger charge is -2.34. The summed E-state index contributed by atoms with van der Waals surface area (Å²) in [6.45, 7) is 11.1. The minimum Gasteiger partial charge on any atom is -0.511 e. The Morgan fingerprint density at radius 3 is 2.03 bits per heavy atom. The molecule has 0 fully saturated rings. The van der Waals surface area contributed by atoms with Crippen LogP contribution in [0.4, 0.5) is 0 Å². The molecule has 0 saturated heterocycles. The molecule has 1 atom stereocenters. The second-order valence-corrected chi connectivity index (χ2v) is 9.78. The van der Waals surface area contributed by atoms with E-state index in [0.29, 0.717) is 0 Å². The zero-order valence-electron chi connectivity index (χ0n) is 21.0. The molecule has 0 aromatic heterocycles. The molecular weight excluding hydrogens is 440 g/mol. The summed E-state index contributed by atoms with van der Waals surface area (Å²) < 4.78 is 5.31. The zero-order chi connectivity index (χ0) is 26.3. The van der Waals surface area contributed by atoms with Crippen LogP contribution in [0, 0.1) is 24.2 Å². The molecule has 8 heteroatoms. The van der Waals surface area contributed by atoms with Gasteiger partial charge in [0.25, 0.3) is 0 Å². The number of hydrogen-bond donors (Lipinski definition) is 4. The van der Waals surface area contributed by atoms with Crippen LogP contribution >= 0.6 is 0 Å². The van der Waals surface area contributed by atoms with E-state index < -0.39 is 63.7 Å². The first kappa shape index (κ1) is 27.0. The molecule has 0 amide bonds. The summed E-state index contributed by atoms with van der Waals surface area (Å²) in [5.41, 5.74) is -2.35. The highest BCUT2D eigenvalue weighted by molar-refractivity contribution is 6.24. The normalized spacial score (nSPS) is 18.8. The Kier molecular flexibility index (Phi) is 7.55. The first-order valence-corrected chi connectivity index (χ1v) is 11.2. The summed E-state index contributed by atoms with van der Waals surface area (Å²) in [6.07, 6.45) is -0.320. The molecule has 1 aromatic rings. The third kappa shape index (κ3) is 4.29. The minimum absolute atomic E-state index is 0.0149. The monoisotopic (exact) mass is 474 g/mol. The van der Waals surface area contributed by atoms with Gasteiger partial charge in [-0.1, -0.05) is 27.7 Å². The Balaban J connectivity index is 2.77. The SMILES string of the molecule is COc1c(C)c(O)c(C[C@]2(C)C(=O)C(C(=O)C(C)C)=C(O)C(C)=C2O)c(O)c1C(=O)CC(C)C. The summed E-state index contributed by atoms with van der Waals surface area (Å²) in [6, 6.07) is 0. The molecule has 1 aliphatic carbocycles. The Morgan fingerprint density at radius 1 is 1.00 bits per heavy atom. The van der Waals surface area contributed by atoms with Gasteiger partial charge in [0.2, 0.25) is 0 Å². The van der Waals surface area contributed by atoms with Crippen molar-refractivity contribution in [1.82, 2.24) is 0 Å². The van der Waals surface area contributed by atoms with Gasteiger partial charge < -0.3 is 25.2 Å². The molecule has 0 aliphatic heterocycles. The largest absolute Gasteiger partial charge is 0.511 e. The average Bonchev–Trinajstić information content (AvgIpc) is 2.75. The van der Waals surface area contributed by atoms with Crippen LogP contribution < -0.4 is 4.74 Å². The number of aliphatic hydroxyl groups excluding tert-OH is 2. The average molecular weight is 475 g/mol. The molecule has 1 aromatic carbocycles. The Bertz CT molecular complexity index is 1120. The smallest absolute Gasteiger partial charge is 0.183 e. The number of hydrogen-bond acceptors (Lipinski definition) is 8. The fourth-order valence-electron chi connectivity index (χ4n) is 4.29. The van der Waals surface area contributed by atoms with Crippen molar-refractivity contribution in [3.8, 4) is 17.2 Å². The van der Waals surface area contributed by atoms with Crippen LogP contribution in [0.15, 0.2) is 22.7 Å². The summed E-state index contributed by atoms with van der Waals surface area (Å²) in [5, 5.41) is 43.3. The van der Waals surface area contributed by atoms with Crippen molar-refractivity contribution < 1.29 is 39.5 Å². The van der Waals surface area contributed by atoms with E-state index in [4.69, 9.17) is 4.74 Å². The number of aliphatic hydroxyl groups is 2. The van der Waals surface area contributed by atoms with Crippen molar-refractivity contribution in [1.29, 1.82) is 0 Å². The number of aromatic hydroxyl groups is 2. The van der Waals surface area contributed by atoms with Crippen molar-refractivity contribution in [2.75, 3.05) is 7.11 Å². The van der Waals surface area contributed by atoms with Gasteiger partial charge in [-0.15, -0.1) is 0 Å². The quantitative estimate of drug-likeness (QED) is 0.315. The molecule has 1 aliphatic rings. The van der Waals surface area contributed by atoms with Gasteiger partial charge in [0, 0.05) is 29.0 Å². The third-order valence-electron chi connectivity index (χ3n) is 6.31. The zero-order valence-corrected chi connectivity index (χ0v) is 21.0. The van der Waals surface area contributed by atoms with Gasteiger partial charge in [-0.3, -0.25) is 14.4 Å². The molecule has 0 bridgehead atoms. The van der Waals surface area contributed by atoms with Crippen molar-refractivity contribution in [2.24, 2.45) is 17.3 Å². The second-order valence-electron chi connectivity index (χ2n) is 9.78. The first-order chi connectivity index (χ1) is 15.6. The Labute approximate surface area is 199 Å². The van der Waals surface area contributed by atoms with E-state index in [1.54, 1.807) is 13.8 Å². The number of rotatable bonds is 8. The maximum Gasteiger partial charge on any atom is 0.183 e. The van der Waals surface area contributed by atoms with Gasteiger partial charge in [0.05, 0.1) is 12.5 Å². The number of carbonyl (C=O) groups excluding carboxylic acids is 3. The number of Topliss-reactive ketones (excluding diaryl/α,β-unsaturated/α-hetero) is 3. The molecule has 4 N–H and O–H groups in total. The lowest BCUT2D eigenvalue weighted by molar-refractivity contribution is -0.128. The highest BCUT2D eigenvalue weighted by Gasteiger charge is 2.49. The first-order valence-electron chi connectivity index (χ1n) is 11.2. The van der Waals surface area contributed by atoms with E-state index in [2.05, 4.69) is 0 Å². The molecular formula is C26H34O8. The van der Waals surface area contributed by atoms with Crippen LogP contribution in [0.5, 0.6) is 17.2 Å². The fraction of sp³-hybridized carbons (Fsp3) is 0.500. The summed E-state index contributed by atoms with van der Waals surface area (Å²) >= 11 is 0. The highest BCUT2D eigenvalue weighted by atomic mass is 16.5. The molecule has 0 spiro atoms. The Hall–Kier alpha value is -3.29. The van der Waals surface area contributed by atoms with Crippen molar-refractivity contribution in [3.05, 3.63) is 39.4 Å². The van der Waals surface area contributed by atoms with E-state index in [1.807, 2.05) is 13.8 Å². The molecule has 0 saturated carbocycles. The van der Waals surface area contributed by atoms with E-state index in [-0.39, 0.29) is 40.4 Å². The number of allylic oxidation sites excluding steroid dienone is 3. The van der Waals surface area contributed by atoms with Gasteiger partial charge in [-0.25, -0.2) is 0 Å². The lowest BCUT2D eigenvalue weighted by atomic mass is 9.68. The number of benzene rings is 1. The predicted molar refractivity (Wildman–Crippen MR) is 126 cm³/mol. The van der Waals surface area contributed by atoms with Crippen LogP contribution in [0.25, 0.3) is 0 Å². The van der Waals surface area contributed by atoms with Gasteiger partial charge in [0.15, 0.2) is 17.3 Å². The summed E-state index contributed by atoms with van der Waals surface area (Å²) in [7, 11) is 1.31. The molecule has 8 nitrogen and oxygen atoms in total. The molecule has 0 radical (unpaired) electrons. The van der Waals surface area contributed by atoms with E-state index >= 15 is 0 Å². The number of ketones is 3. The van der Waals surface area contributed by atoms with Crippen molar-refractivity contribution in [3.63, 3.8) is 0 Å². The number of methoxy groups -OCH3 is 1. The van der Waals surface area contributed by atoms with Gasteiger partial charge in [0.1, 0.15) is 39.9 Å². The minimum atomic E-state index is -1.79. The fourth-order valence-corrected chi connectivity index (χ4v) is 4.29. The summed E-state index contributed by atoms with van der Waals surface area (Å²) in [4.78, 5) is 39.1. The number of carbonyl (C=O) groups is 3. The molecule has 2 rings (SSSR count). The topological polar surface area (TPSA) is 141 Å². The number of phenols is 2. The van der Waals surface area contributed by atoms with Gasteiger partial charge in [-0.05, 0) is 33.1 Å². The number of ether oxygens (including phenoxy) is 1. The number of phenolic OH excluding ortho intramolecular Hbond substituents is 2. The van der Waals surface area contributed by atoms with Crippen LogP contribution in [-0.2, 0) is 16.0 Å².